The lowest BCUT2D eigenvalue weighted by atomic mass is 9.84. The van der Waals surface area contributed by atoms with Crippen molar-refractivity contribution in [2.45, 2.75) is 113 Å². The number of epoxide rings is 1. The number of ether oxygens (including phenoxy) is 8. The molecule has 6 N–H and O–H groups in total. The standard InChI is InChI=1S/C55H79BrClN7O18S/c1-10-44(66)60-30-37(31-61-45(67)29-56)79-32-46(68)59-16-19-77-21-22-78-20-17-64-48(70)27-41(51(64)71)83-23-15-47(69)63(7)35(4)52(72)81-42(14-18-65)54(5)50(82-54)34(3)40-28-55(74,62-53(73)80-40)43(76-9)13-11-12-33(2)24-36-25-38(58-6)49(57)39(26-36)75-8/h10-13,18,25-26,34-35,37,40-43,50,58,74H,1,14-17,19-24,27-32H2,2-9H3,(H,59,68)(H,60,66)(H,61,67)(H,62,73)/b13-11+,33-12+/t34-,35+,37?,40+,41?,42+,43-,50+,54+,55+/m1/s1. The Kier molecular flexibility index (Phi) is 28.9. The number of likely N-dealkylation sites (tertiary alicyclic amines) is 1. The topological polar surface area (TPSA) is 318 Å². The Morgan fingerprint density at radius 3 is 2.43 bits per heavy atom. The van der Waals surface area contributed by atoms with Crippen molar-refractivity contribution in [2.75, 3.05) is 104 Å². The molecule has 2 unspecified atom stereocenters. The molecular weight excluding hydrogens is 1190 g/mol. The summed E-state index contributed by atoms with van der Waals surface area (Å²) in [4.78, 5) is 115. The van der Waals surface area contributed by atoms with E-state index >= 15 is 0 Å². The van der Waals surface area contributed by atoms with Crippen LogP contribution in [0.4, 0.5) is 10.5 Å². The number of cyclic esters (lactones) is 1. The van der Waals surface area contributed by atoms with Crippen molar-refractivity contribution in [2.24, 2.45) is 5.92 Å². The number of aldehydes is 1. The second kappa shape index (κ2) is 34.3. The van der Waals surface area contributed by atoms with Gasteiger partial charge >= 0.3 is 12.1 Å². The minimum absolute atomic E-state index is 0.0164. The maximum absolute atomic E-state index is 13.6. The number of allylic oxidation sites excluding steroid dienone is 3. The van der Waals surface area contributed by atoms with Crippen LogP contribution in [0.3, 0.4) is 0 Å². The first kappa shape index (κ1) is 69.8. The van der Waals surface area contributed by atoms with Gasteiger partial charge in [-0.05, 0) is 51.0 Å². The quantitative estimate of drug-likeness (QED) is 0.00809. The third-order valence-electron chi connectivity index (χ3n) is 14.1. The van der Waals surface area contributed by atoms with Gasteiger partial charge in [0.2, 0.25) is 35.4 Å². The SMILES string of the molecule is C=CC(=O)NCC(CNC(=O)CBr)OCC(=O)NCCOCCOCCN1C(=O)CC(SCCC(=O)N(C)[C@@H](C)C(=O)O[C@@H](CC=O)[C@]2(C)O[C@H]2[C@H](C)[C@@H]2C[C@](O)([C@@H](/C=C/C=C(\C)Cc3cc(NC)c(Cl)c(OC)c3)OC)NC(=O)O2)C1=O. The Labute approximate surface area is 501 Å². The molecule has 0 aliphatic carbocycles. The monoisotopic (exact) mass is 1270 g/mol. The zero-order chi connectivity index (χ0) is 61.4. The van der Waals surface area contributed by atoms with E-state index in [-0.39, 0.29) is 108 Å². The Morgan fingerprint density at radius 2 is 1.77 bits per heavy atom. The highest BCUT2D eigenvalue weighted by Crippen LogP contribution is 2.48. The van der Waals surface area contributed by atoms with Gasteiger partial charge in [-0.2, -0.15) is 0 Å². The van der Waals surface area contributed by atoms with Gasteiger partial charge in [0.25, 0.3) is 0 Å². The average molecular weight is 1270 g/mol. The van der Waals surface area contributed by atoms with Crippen LogP contribution in [0, 0.1) is 5.92 Å². The predicted molar refractivity (Wildman–Crippen MR) is 310 cm³/mol. The number of carbonyl (C=O) groups is 9. The van der Waals surface area contributed by atoms with Gasteiger partial charge in [-0.15, -0.1) is 11.8 Å². The smallest absolute Gasteiger partial charge is 0.409 e. The molecule has 1 aromatic carbocycles. The molecule has 83 heavy (non-hydrogen) atoms. The van der Waals surface area contributed by atoms with Gasteiger partial charge in [0.1, 0.15) is 53.6 Å². The van der Waals surface area contributed by atoms with E-state index in [2.05, 4.69) is 49.1 Å². The molecule has 3 aliphatic rings. The Morgan fingerprint density at radius 1 is 1.06 bits per heavy atom. The van der Waals surface area contributed by atoms with Gasteiger partial charge in [-0.25, -0.2) is 9.59 Å². The molecule has 4 rings (SSSR count). The van der Waals surface area contributed by atoms with Gasteiger partial charge in [0.05, 0.1) is 68.6 Å². The van der Waals surface area contributed by atoms with E-state index in [9.17, 15) is 48.3 Å². The second-order valence-electron chi connectivity index (χ2n) is 20.0. The minimum atomic E-state index is -1.90. The number of benzene rings is 1. The molecule has 7 amide bonds. The lowest BCUT2D eigenvalue weighted by Gasteiger charge is -2.42. The van der Waals surface area contributed by atoms with Crippen molar-refractivity contribution in [3.05, 3.63) is 59.2 Å². The first-order valence-electron chi connectivity index (χ1n) is 26.9. The van der Waals surface area contributed by atoms with E-state index in [1.807, 2.05) is 25.1 Å². The lowest BCUT2D eigenvalue weighted by molar-refractivity contribution is -0.161. The molecule has 0 bridgehead atoms. The average Bonchev–Trinajstić information content (AvgIpc) is 3.19. The number of carbonyl (C=O) groups excluding carboxylic acids is 9. The highest BCUT2D eigenvalue weighted by atomic mass is 79.9. The molecule has 28 heteroatoms. The summed E-state index contributed by atoms with van der Waals surface area (Å²) in [6.45, 7) is 10.7. The molecule has 25 nitrogen and oxygen atoms in total. The summed E-state index contributed by atoms with van der Waals surface area (Å²) in [5.74, 6) is -3.05. The van der Waals surface area contributed by atoms with Crippen LogP contribution in [0.1, 0.15) is 58.9 Å². The first-order chi connectivity index (χ1) is 39.5. The zero-order valence-corrected chi connectivity index (χ0v) is 51.3. The highest BCUT2D eigenvalue weighted by Gasteiger charge is 2.64. The molecule has 3 saturated heterocycles. The Bertz CT molecular complexity index is 2490. The van der Waals surface area contributed by atoms with Crippen molar-refractivity contribution in [1.82, 2.24) is 31.1 Å². The van der Waals surface area contributed by atoms with E-state index in [0.29, 0.717) is 23.5 Å². The molecule has 0 radical (unpaired) electrons. The van der Waals surface area contributed by atoms with Gasteiger partial charge in [0.15, 0.2) is 5.72 Å². The van der Waals surface area contributed by atoms with Crippen LogP contribution >= 0.6 is 39.3 Å². The number of likely N-dealkylation sites (N-methyl/N-ethyl adjacent to an activating group) is 1. The van der Waals surface area contributed by atoms with E-state index < -0.39 is 94.7 Å². The Hall–Kier alpha value is -5.65. The Balaban J connectivity index is 1.16. The number of methoxy groups -OCH3 is 2. The molecular formula is C55H79BrClN7O18S. The van der Waals surface area contributed by atoms with Crippen molar-refractivity contribution in [1.29, 1.82) is 0 Å². The number of hydrogen-bond acceptors (Lipinski definition) is 20. The van der Waals surface area contributed by atoms with Gasteiger partial charge in [-0.1, -0.05) is 64.8 Å². The van der Waals surface area contributed by atoms with Crippen LogP contribution in [0.2, 0.25) is 5.02 Å². The lowest BCUT2D eigenvalue weighted by Crippen LogP contribution is -2.63. The van der Waals surface area contributed by atoms with E-state index in [1.54, 1.807) is 40.2 Å². The second-order valence-corrected chi connectivity index (χ2v) is 22.3. The number of halogens is 2. The summed E-state index contributed by atoms with van der Waals surface area (Å²) in [5, 5.41) is 25.0. The third kappa shape index (κ3) is 21.1. The number of thioether (sulfide) groups is 1. The number of nitrogens with zero attached hydrogens (tertiary/aromatic N) is 2. The van der Waals surface area contributed by atoms with Gasteiger partial charge < -0.3 is 74.0 Å². The van der Waals surface area contributed by atoms with Gasteiger partial charge in [-0.3, -0.25) is 39.0 Å². The van der Waals surface area contributed by atoms with Crippen molar-refractivity contribution in [3.63, 3.8) is 0 Å². The minimum Gasteiger partial charge on any atom is -0.495 e. The van der Waals surface area contributed by atoms with Gasteiger partial charge in [0, 0.05) is 78.2 Å². The molecule has 0 aromatic heterocycles. The van der Waals surface area contributed by atoms with Crippen LogP contribution in [0.15, 0.2) is 48.6 Å². The van der Waals surface area contributed by atoms with E-state index in [0.717, 1.165) is 39.6 Å². The largest absolute Gasteiger partial charge is 0.495 e. The van der Waals surface area contributed by atoms with E-state index in [1.165, 1.54) is 26.0 Å². The van der Waals surface area contributed by atoms with Crippen LogP contribution in [0.5, 0.6) is 5.75 Å². The number of esters is 1. The summed E-state index contributed by atoms with van der Waals surface area (Å²) in [6, 6.07) is 2.68. The number of alkyl carbamates (subject to hydrolysis) is 1. The fourth-order valence-corrected chi connectivity index (χ4v) is 10.7. The van der Waals surface area contributed by atoms with Crippen molar-refractivity contribution < 1.29 is 86.2 Å². The molecule has 3 aliphatic heterocycles. The van der Waals surface area contributed by atoms with Crippen LogP contribution in [0.25, 0.3) is 0 Å². The molecule has 0 saturated carbocycles. The van der Waals surface area contributed by atoms with Crippen molar-refractivity contribution in [3.8, 4) is 5.75 Å². The molecule has 462 valence electrons. The number of aliphatic hydroxyl groups is 1. The summed E-state index contributed by atoms with van der Waals surface area (Å²) >= 11 is 10.6. The predicted octanol–water partition coefficient (Wildman–Crippen LogP) is 2.38. The highest BCUT2D eigenvalue weighted by molar-refractivity contribution is 9.09. The maximum Gasteiger partial charge on any atom is 0.409 e. The molecule has 10 atom stereocenters. The number of nitrogens with one attached hydrogen (secondary N) is 5. The molecule has 0 spiro atoms. The summed E-state index contributed by atoms with van der Waals surface area (Å²) in [7, 11) is 6.13. The summed E-state index contributed by atoms with van der Waals surface area (Å²) in [5.41, 5.74) is -0.468. The first-order valence-corrected chi connectivity index (χ1v) is 29.5. The number of amides is 7. The number of alkyl halides is 1. The zero-order valence-electron chi connectivity index (χ0n) is 48.1. The number of hydrogen-bond donors (Lipinski definition) is 6. The number of imide groups is 1. The summed E-state index contributed by atoms with van der Waals surface area (Å²) < 4.78 is 45.3. The summed E-state index contributed by atoms with van der Waals surface area (Å²) in [6.07, 6.45) is 1.72. The fraction of sp³-hybridized carbons (Fsp3) is 0.618. The number of rotatable bonds is 38. The third-order valence-corrected chi connectivity index (χ3v) is 16.2. The molecule has 3 heterocycles. The molecule has 3 fully saturated rings. The van der Waals surface area contributed by atoms with Crippen LogP contribution in [-0.4, -0.2) is 220 Å². The van der Waals surface area contributed by atoms with Crippen molar-refractivity contribution >= 4 is 98.8 Å². The normalized spacial score (nSPS) is 22.3. The van der Waals surface area contributed by atoms with Crippen LogP contribution in [-0.2, 0) is 77.9 Å². The van der Waals surface area contributed by atoms with Crippen LogP contribution < -0.4 is 31.3 Å². The number of anilines is 1. The van der Waals surface area contributed by atoms with E-state index in [4.69, 9.17) is 49.5 Å². The maximum atomic E-state index is 13.6. The fourth-order valence-electron chi connectivity index (χ4n) is 9.09. The molecule has 1 aromatic rings.